The maximum absolute atomic E-state index is 11.4. The van der Waals surface area contributed by atoms with E-state index in [2.05, 4.69) is 5.32 Å². The molecule has 4 nitrogen and oxygen atoms in total. The van der Waals surface area contributed by atoms with Gasteiger partial charge in [-0.15, -0.1) is 0 Å². The number of nitrogens with zero attached hydrogens (tertiary/aromatic N) is 1. The van der Waals surface area contributed by atoms with Crippen LogP contribution in [-0.2, 0) is 9.59 Å². The van der Waals surface area contributed by atoms with Gasteiger partial charge in [-0.05, 0) is 13.5 Å². The highest BCUT2D eigenvalue weighted by atomic mass is 16.2. The molecule has 0 bridgehead atoms. The van der Waals surface area contributed by atoms with E-state index in [0.717, 1.165) is 6.42 Å². The van der Waals surface area contributed by atoms with Gasteiger partial charge in [0.15, 0.2) is 0 Å². The van der Waals surface area contributed by atoms with E-state index in [1.165, 1.54) is 0 Å². The second-order valence-electron chi connectivity index (χ2n) is 4.14. The molecule has 0 fully saturated rings. The van der Waals surface area contributed by atoms with Gasteiger partial charge in [-0.25, -0.2) is 0 Å². The van der Waals surface area contributed by atoms with Crippen molar-refractivity contribution in [1.29, 1.82) is 0 Å². The first-order valence-electron chi connectivity index (χ1n) is 5.45. The van der Waals surface area contributed by atoms with Crippen molar-refractivity contribution >= 4 is 11.7 Å². The monoisotopic (exact) mass is 214 g/mol. The normalized spacial score (nSPS) is 10.8. The Labute approximate surface area is 92.0 Å². The number of carbonyl (C=O) groups excluding carboxylic acids is 2. The zero-order chi connectivity index (χ0) is 11.8. The average molecular weight is 214 g/mol. The molecule has 0 aliphatic heterocycles. The zero-order valence-electron chi connectivity index (χ0n) is 10.2. The number of rotatable bonds is 7. The first kappa shape index (κ1) is 14.1. The summed E-state index contributed by atoms with van der Waals surface area (Å²) in [4.78, 5) is 24.4. The van der Waals surface area contributed by atoms with Gasteiger partial charge in [0.2, 0.25) is 5.91 Å². The molecular weight excluding hydrogens is 192 g/mol. The van der Waals surface area contributed by atoms with Crippen molar-refractivity contribution in [1.82, 2.24) is 10.2 Å². The summed E-state index contributed by atoms with van der Waals surface area (Å²) < 4.78 is 0. The number of hydrogen-bond donors (Lipinski definition) is 1. The number of Topliss-reactive ketones (excluding diaryl/α,β-unsaturated/α-hetero) is 1. The molecule has 0 spiro atoms. The molecule has 88 valence electrons. The van der Waals surface area contributed by atoms with Crippen LogP contribution in [0.5, 0.6) is 0 Å². The molecule has 0 unspecified atom stereocenters. The van der Waals surface area contributed by atoms with E-state index in [-0.39, 0.29) is 17.6 Å². The quantitative estimate of drug-likeness (QED) is 0.677. The Hall–Kier alpha value is -0.900. The highest BCUT2D eigenvalue weighted by Gasteiger charge is 2.12. The fourth-order valence-corrected chi connectivity index (χ4v) is 1.07. The molecule has 1 N–H and O–H groups in total. The number of amides is 1. The van der Waals surface area contributed by atoms with E-state index >= 15 is 0 Å². The Morgan fingerprint density at radius 3 is 2.33 bits per heavy atom. The summed E-state index contributed by atoms with van der Waals surface area (Å²) in [5, 5.41) is 2.77. The van der Waals surface area contributed by atoms with Gasteiger partial charge in [0.1, 0.15) is 5.78 Å². The summed E-state index contributed by atoms with van der Waals surface area (Å²) in [6.45, 7) is 7.08. The van der Waals surface area contributed by atoms with Crippen LogP contribution >= 0.6 is 0 Å². The first-order valence-corrected chi connectivity index (χ1v) is 5.45. The molecule has 0 saturated heterocycles. The molecule has 0 atom stereocenters. The highest BCUT2D eigenvalue weighted by Crippen LogP contribution is 1.95. The van der Waals surface area contributed by atoms with Crippen LogP contribution in [0.1, 0.15) is 27.2 Å². The minimum atomic E-state index is -0.0177. The van der Waals surface area contributed by atoms with Gasteiger partial charge in [0.05, 0.1) is 13.1 Å². The van der Waals surface area contributed by atoms with E-state index in [4.69, 9.17) is 0 Å². The Bertz CT molecular complexity index is 215. The smallest absolute Gasteiger partial charge is 0.234 e. The summed E-state index contributed by atoms with van der Waals surface area (Å²) in [5.41, 5.74) is 0. The Morgan fingerprint density at radius 2 is 1.87 bits per heavy atom. The van der Waals surface area contributed by atoms with Crippen LogP contribution in [0.2, 0.25) is 0 Å². The SMILES string of the molecule is CCCNC(=O)CN(C)CC(=O)C(C)C. The fraction of sp³-hybridized carbons (Fsp3) is 0.818. The van der Waals surface area contributed by atoms with Crippen LogP contribution in [0, 0.1) is 5.92 Å². The molecule has 0 aliphatic carbocycles. The van der Waals surface area contributed by atoms with E-state index in [1.54, 1.807) is 11.9 Å². The molecule has 0 rings (SSSR count). The maximum Gasteiger partial charge on any atom is 0.234 e. The average Bonchev–Trinajstić information content (AvgIpc) is 2.14. The molecule has 0 heterocycles. The summed E-state index contributed by atoms with van der Waals surface area (Å²) in [5.74, 6) is 0.183. The number of nitrogens with one attached hydrogen (secondary N) is 1. The third kappa shape index (κ3) is 7.08. The Kier molecular flexibility index (Phi) is 6.96. The maximum atomic E-state index is 11.4. The molecule has 4 heteroatoms. The van der Waals surface area contributed by atoms with Crippen LogP contribution in [0.3, 0.4) is 0 Å². The van der Waals surface area contributed by atoms with Gasteiger partial charge in [-0.3, -0.25) is 14.5 Å². The summed E-state index contributed by atoms with van der Waals surface area (Å²) in [6.07, 6.45) is 0.931. The molecule has 0 aromatic heterocycles. The lowest BCUT2D eigenvalue weighted by atomic mass is 10.1. The molecular formula is C11H22N2O2. The first-order chi connectivity index (χ1) is 6.97. The predicted molar refractivity (Wildman–Crippen MR) is 60.6 cm³/mol. The summed E-state index contributed by atoms with van der Waals surface area (Å²) in [7, 11) is 1.78. The summed E-state index contributed by atoms with van der Waals surface area (Å²) in [6, 6.07) is 0. The third-order valence-electron chi connectivity index (χ3n) is 2.06. The second-order valence-corrected chi connectivity index (χ2v) is 4.14. The van der Waals surface area contributed by atoms with Crippen molar-refractivity contribution in [3.8, 4) is 0 Å². The molecule has 1 amide bonds. The third-order valence-corrected chi connectivity index (χ3v) is 2.06. The van der Waals surface area contributed by atoms with Crippen molar-refractivity contribution in [2.24, 2.45) is 5.92 Å². The van der Waals surface area contributed by atoms with Crippen molar-refractivity contribution in [2.75, 3.05) is 26.7 Å². The van der Waals surface area contributed by atoms with Gasteiger partial charge in [-0.1, -0.05) is 20.8 Å². The Balaban J connectivity index is 3.77. The topological polar surface area (TPSA) is 49.4 Å². The molecule has 0 aromatic carbocycles. The Morgan fingerprint density at radius 1 is 1.27 bits per heavy atom. The molecule has 0 aliphatic rings. The van der Waals surface area contributed by atoms with Crippen molar-refractivity contribution in [3.05, 3.63) is 0 Å². The van der Waals surface area contributed by atoms with E-state index in [9.17, 15) is 9.59 Å². The van der Waals surface area contributed by atoms with Crippen LogP contribution < -0.4 is 5.32 Å². The molecule has 15 heavy (non-hydrogen) atoms. The van der Waals surface area contributed by atoms with Crippen molar-refractivity contribution in [2.45, 2.75) is 27.2 Å². The van der Waals surface area contributed by atoms with Gasteiger partial charge in [0, 0.05) is 12.5 Å². The van der Waals surface area contributed by atoms with Crippen LogP contribution in [0.4, 0.5) is 0 Å². The molecule has 0 aromatic rings. The molecule has 0 radical (unpaired) electrons. The standard InChI is InChI=1S/C11H22N2O2/c1-5-6-12-11(15)8-13(4)7-10(14)9(2)3/h9H,5-8H2,1-4H3,(H,12,15). The molecule has 0 saturated carbocycles. The lowest BCUT2D eigenvalue weighted by Gasteiger charge is -2.16. The number of hydrogen-bond acceptors (Lipinski definition) is 3. The highest BCUT2D eigenvalue weighted by molar-refractivity contribution is 5.83. The van der Waals surface area contributed by atoms with E-state index in [1.807, 2.05) is 20.8 Å². The van der Waals surface area contributed by atoms with Gasteiger partial charge in [0.25, 0.3) is 0 Å². The lowest BCUT2D eigenvalue weighted by molar-refractivity contribution is -0.125. The minimum Gasteiger partial charge on any atom is -0.355 e. The van der Waals surface area contributed by atoms with E-state index < -0.39 is 0 Å². The minimum absolute atomic E-state index is 0.0177. The second kappa shape index (κ2) is 7.40. The number of ketones is 1. The van der Waals surface area contributed by atoms with Gasteiger partial charge < -0.3 is 5.32 Å². The van der Waals surface area contributed by atoms with Crippen molar-refractivity contribution in [3.63, 3.8) is 0 Å². The number of carbonyl (C=O) groups is 2. The lowest BCUT2D eigenvalue weighted by Crippen LogP contribution is -2.38. The van der Waals surface area contributed by atoms with Crippen LogP contribution in [0.15, 0.2) is 0 Å². The van der Waals surface area contributed by atoms with E-state index in [0.29, 0.717) is 19.6 Å². The summed E-state index contributed by atoms with van der Waals surface area (Å²) >= 11 is 0. The van der Waals surface area contributed by atoms with Gasteiger partial charge in [-0.2, -0.15) is 0 Å². The predicted octanol–water partition coefficient (Wildman–Crippen LogP) is 0.669. The van der Waals surface area contributed by atoms with Crippen molar-refractivity contribution < 1.29 is 9.59 Å². The fourth-order valence-electron chi connectivity index (χ4n) is 1.07. The zero-order valence-corrected chi connectivity index (χ0v) is 10.2. The van der Waals surface area contributed by atoms with Crippen LogP contribution in [-0.4, -0.2) is 43.3 Å². The number of likely N-dealkylation sites (N-methyl/N-ethyl adjacent to an activating group) is 1. The largest absolute Gasteiger partial charge is 0.355 e. The van der Waals surface area contributed by atoms with Gasteiger partial charge >= 0.3 is 0 Å². The van der Waals surface area contributed by atoms with Crippen LogP contribution in [0.25, 0.3) is 0 Å².